The monoisotopic (exact) mass is 985 g/mol. The molecule has 11 aromatic rings. The largest absolute Gasteiger partial charge is 0.345 e. The van der Waals surface area contributed by atoms with Crippen molar-refractivity contribution in [3.8, 4) is 43.1 Å². The topological polar surface area (TPSA) is 6.48 Å². The summed E-state index contributed by atoms with van der Waals surface area (Å²) in [6.07, 6.45) is 0.852. The van der Waals surface area contributed by atoms with Crippen molar-refractivity contribution in [1.29, 1.82) is 0 Å². The van der Waals surface area contributed by atoms with Crippen LogP contribution in [0.5, 0.6) is 0 Å². The Bertz CT molecular complexity index is 3430. The van der Waals surface area contributed by atoms with E-state index in [2.05, 4.69) is 266 Å². The van der Waals surface area contributed by atoms with E-state index < -0.39 is 0 Å². The Hall–Kier alpha value is -7.98. The highest BCUT2D eigenvalue weighted by molar-refractivity contribution is 7.20. The second kappa shape index (κ2) is 26.6. The number of thiophene rings is 1. The lowest BCUT2D eigenvalue weighted by atomic mass is 9.91. The second-order valence-electron chi connectivity index (χ2n) is 17.1. The summed E-state index contributed by atoms with van der Waals surface area (Å²) in [4.78, 5) is 7.18. The molecule has 0 saturated heterocycles. The highest BCUT2D eigenvalue weighted by atomic mass is 32.1. The van der Waals surface area contributed by atoms with Crippen molar-refractivity contribution in [2.24, 2.45) is 0 Å². The molecule has 10 aromatic carbocycles. The summed E-state index contributed by atoms with van der Waals surface area (Å²) < 4.78 is 0. The fourth-order valence-electron chi connectivity index (χ4n) is 9.20. The molecule has 0 atom stereocenters. The minimum Gasteiger partial charge on any atom is -0.345 e. The maximum Gasteiger partial charge on any atom is 0.0468 e. The number of benzene rings is 10. The third kappa shape index (κ3) is 12.3. The fraction of sp³-hybridized carbons (Fsp3) is 0.155. The van der Waals surface area contributed by atoms with Gasteiger partial charge < -0.3 is 9.80 Å². The normalized spacial score (nSPS) is 10.4. The van der Waals surface area contributed by atoms with E-state index in [0.29, 0.717) is 0 Å². The zero-order valence-electron chi connectivity index (χ0n) is 45.1. The molecule has 0 saturated carbocycles. The highest BCUT2D eigenvalue weighted by Crippen LogP contribution is 2.52. The van der Waals surface area contributed by atoms with Crippen LogP contribution in [0.1, 0.15) is 72.1 Å². The lowest BCUT2D eigenvalue weighted by Crippen LogP contribution is -2.10. The van der Waals surface area contributed by atoms with Gasteiger partial charge in [0.15, 0.2) is 0 Å². The minimum absolute atomic E-state index is 0.852. The lowest BCUT2D eigenvalue weighted by molar-refractivity contribution is 1.17. The van der Waals surface area contributed by atoms with Crippen LogP contribution in [0, 0.1) is 6.92 Å². The van der Waals surface area contributed by atoms with Crippen LogP contribution in [0.2, 0.25) is 0 Å². The maximum atomic E-state index is 2.39. The summed E-state index contributed by atoms with van der Waals surface area (Å²) in [6.45, 7) is 18.2. The predicted octanol–water partition coefficient (Wildman–Crippen LogP) is 22.0. The third-order valence-corrected chi connectivity index (χ3v) is 14.1. The molecular weight excluding hydrogens is 913 g/mol. The van der Waals surface area contributed by atoms with Gasteiger partial charge >= 0.3 is 0 Å². The molecule has 0 bridgehead atoms. The summed E-state index contributed by atoms with van der Waals surface area (Å²) >= 11 is 1.88. The average Bonchev–Trinajstić information content (AvgIpc) is 3.89. The molecule has 1 heterocycles. The first-order valence-electron chi connectivity index (χ1n) is 26.7. The summed E-state index contributed by atoms with van der Waals surface area (Å²) in [6, 6.07) is 88.6. The Morgan fingerprint density at radius 1 is 0.311 bits per heavy atom. The van der Waals surface area contributed by atoms with Crippen LogP contribution in [-0.4, -0.2) is 7.05 Å². The Morgan fingerprint density at radius 3 is 1.12 bits per heavy atom. The van der Waals surface area contributed by atoms with Gasteiger partial charge in [-0.3, -0.25) is 0 Å². The van der Waals surface area contributed by atoms with Gasteiger partial charge in [0.25, 0.3) is 0 Å². The molecular formula is C71H72N2S. The van der Waals surface area contributed by atoms with Crippen molar-refractivity contribution in [2.75, 3.05) is 16.8 Å². The highest BCUT2D eigenvalue weighted by Gasteiger charge is 2.24. The van der Waals surface area contributed by atoms with Crippen LogP contribution in [-0.2, 0) is 6.42 Å². The quantitative estimate of drug-likeness (QED) is 0.127. The van der Waals surface area contributed by atoms with Gasteiger partial charge in [0.05, 0.1) is 0 Å². The van der Waals surface area contributed by atoms with Crippen molar-refractivity contribution < 1.29 is 0 Å². The van der Waals surface area contributed by atoms with Gasteiger partial charge in [-0.05, 0) is 129 Å². The van der Waals surface area contributed by atoms with Gasteiger partial charge in [-0.2, -0.15) is 0 Å². The molecule has 2 nitrogen and oxygen atoms in total. The van der Waals surface area contributed by atoms with Gasteiger partial charge in [-0.25, -0.2) is 0 Å². The van der Waals surface area contributed by atoms with Crippen molar-refractivity contribution in [3.63, 3.8) is 0 Å². The van der Waals surface area contributed by atoms with Crippen LogP contribution < -0.4 is 9.80 Å². The molecule has 0 aliphatic carbocycles. The molecule has 0 aliphatic heterocycles. The van der Waals surface area contributed by atoms with Crippen molar-refractivity contribution in [3.05, 3.63) is 259 Å². The number of hydrogen-bond acceptors (Lipinski definition) is 3. The molecule has 0 spiro atoms. The molecule has 0 radical (unpaired) electrons. The van der Waals surface area contributed by atoms with E-state index >= 15 is 0 Å². The van der Waals surface area contributed by atoms with Gasteiger partial charge in [0, 0.05) is 56.4 Å². The molecule has 0 fully saturated rings. The maximum absolute atomic E-state index is 2.39. The van der Waals surface area contributed by atoms with E-state index in [9.17, 15) is 0 Å². The number of anilines is 5. The molecule has 372 valence electrons. The zero-order chi connectivity index (χ0) is 52.4. The van der Waals surface area contributed by atoms with E-state index in [1.165, 1.54) is 92.7 Å². The van der Waals surface area contributed by atoms with Crippen LogP contribution in [0.4, 0.5) is 28.4 Å². The molecule has 11 rings (SSSR count). The Balaban J connectivity index is 0.000000956. The molecule has 0 amide bonds. The van der Waals surface area contributed by atoms with Crippen molar-refractivity contribution in [2.45, 2.75) is 68.7 Å². The SMILES string of the molecule is CC.CC.CC.CC.Cc1ccc(-c2sc(-c3ccc(N(c4ccc(Cc5ccc(N(C)c6ccc7ccccc7c6)cc5)cc4)c4ccc5ccccc5c4)cc3)c(-c3ccccc3)c2-c2ccccc2)cc1. The predicted molar refractivity (Wildman–Crippen MR) is 330 cm³/mol. The molecule has 0 aliphatic rings. The Morgan fingerprint density at radius 2 is 0.662 bits per heavy atom. The van der Waals surface area contributed by atoms with Crippen LogP contribution in [0.15, 0.2) is 243 Å². The Labute approximate surface area is 446 Å². The van der Waals surface area contributed by atoms with E-state index in [0.717, 1.165) is 23.5 Å². The first-order chi connectivity index (χ1) is 36.5. The average molecular weight is 985 g/mol. The fourth-order valence-corrected chi connectivity index (χ4v) is 10.6. The first-order valence-corrected chi connectivity index (χ1v) is 27.5. The number of hydrogen-bond donors (Lipinski definition) is 0. The summed E-state index contributed by atoms with van der Waals surface area (Å²) in [5.41, 5.74) is 16.9. The van der Waals surface area contributed by atoms with E-state index in [-0.39, 0.29) is 0 Å². The minimum atomic E-state index is 0.852. The zero-order valence-corrected chi connectivity index (χ0v) is 45.9. The summed E-state index contributed by atoms with van der Waals surface area (Å²) in [5.74, 6) is 0. The number of rotatable bonds is 11. The third-order valence-electron chi connectivity index (χ3n) is 12.8. The van der Waals surface area contributed by atoms with Crippen molar-refractivity contribution >= 4 is 61.3 Å². The van der Waals surface area contributed by atoms with Crippen LogP contribution in [0.25, 0.3) is 64.7 Å². The van der Waals surface area contributed by atoms with E-state index in [1.54, 1.807) is 0 Å². The lowest BCUT2D eigenvalue weighted by Gasteiger charge is -2.26. The number of aryl methyl sites for hydroxylation is 1. The van der Waals surface area contributed by atoms with Crippen LogP contribution in [0.3, 0.4) is 0 Å². The smallest absolute Gasteiger partial charge is 0.0468 e. The first kappa shape index (κ1) is 53.8. The van der Waals surface area contributed by atoms with Crippen LogP contribution >= 0.6 is 11.3 Å². The number of fused-ring (bicyclic) bond motifs is 2. The standard InChI is InChI=1S/C63H48N2S.4C2H6/c1-44-21-27-51(28-22-44)62-60(49-15-5-3-6-16-49)61(50-17-7-4-8-18-50)63(66-62)52-31-37-57(38-32-52)65(59-40-30-48-14-10-12-20-54(48)43-59)56-35-25-46(26-36-56)41-45-23-33-55(34-24-45)64(2)58-39-29-47-13-9-11-19-53(47)42-58;4*1-2/h3-40,42-43H,41H2,1-2H3;4*1-2H3. The van der Waals surface area contributed by atoms with Gasteiger partial charge in [-0.1, -0.05) is 243 Å². The molecule has 0 unspecified atom stereocenters. The molecule has 0 N–H and O–H groups in total. The van der Waals surface area contributed by atoms with Crippen molar-refractivity contribution in [1.82, 2.24) is 0 Å². The van der Waals surface area contributed by atoms with Gasteiger partial charge in [-0.15, -0.1) is 11.3 Å². The van der Waals surface area contributed by atoms with E-state index in [1.807, 2.05) is 66.7 Å². The molecule has 74 heavy (non-hydrogen) atoms. The van der Waals surface area contributed by atoms with Gasteiger partial charge in [0.1, 0.15) is 0 Å². The summed E-state index contributed by atoms with van der Waals surface area (Å²) in [5, 5.41) is 4.95. The Kier molecular flexibility index (Phi) is 19.4. The number of nitrogens with zero attached hydrogens (tertiary/aromatic N) is 2. The molecule has 3 heteroatoms. The van der Waals surface area contributed by atoms with E-state index in [4.69, 9.17) is 0 Å². The molecule has 1 aromatic heterocycles. The van der Waals surface area contributed by atoms with Gasteiger partial charge in [0.2, 0.25) is 0 Å². The second-order valence-corrected chi connectivity index (χ2v) is 18.1. The summed E-state index contributed by atoms with van der Waals surface area (Å²) in [7, 11) is 2.14.